The van der Waals surface area contributed by atoms with Gasteiger partial charge >= 0.3 is 6.36 Å². The Hall–Kier alpha value is -3.86. The van der Waals surface area contributed by atoms with E-state index in [1.54, 1.807) is 11.9 Å². The third kappa shape index (κ3) is 6.22. The van der Waals surface area contributed by atoms with Crippen LogP contribution in [0.2, 0.25) is 5.02 Å². The van der Waals surface area contributed by atoms with Gasteiger partial charge in [-0.15, -0.1) is 18.3 Å². The zero-order valence-electron chi connectivity index (χ0n) is 19.2. The van der Waals surface area contributed by atoms with Crippen LogP contribution in [0.1, 0.15) is 34.6 Å². The van der Waals surface area contributed by atoms with Crippen molar-refractivity contribution in [3.63, 3.8) is 0 Å². The Morgan fingerprint density at radius 1 is 1.14 bits per heavy atom. The molecule has 0 spiro atoms. The molecule has 0 fully saturated rings. The molecule has 188 valence electrons. The molecule has 2 aromatic carbocycles. The number of rotatable bonds is 6. The van der Waals surface area contributed by atoms with Crippen LogP contribution >= 0.6 is 11.6 Å². The highest BCUT2D eigenvalue weighted by atomic mass is 35.5. The Bertz CT molecular complexity index is 1280. The average molecular weight is 520 g/mol. The van der Waals surface area contributed by atoms with Crippen molar-refractivity contribution in [2.45, 2.75) is 19.3 Å². The number of hydrazone groups is 1. The summed E-state index contributed by atoms with van der Waals surface area (Å²) >= 11 is 5.89. The average Bonchev–Trinajstić information content (AvgIpc) is 2.82. The van der Waals surface area contributed by atoms with Gasteiger partial charge in [0, 0.05) is 41.2 Å². The minimum Gasteiger partial charge on any atom is -0.474 e. The van der Waals surface area contributed by atoms with Crippen LogP contribution in [-0.2, 0) is 4.74 Å². The predicted octanol–water partition coefficient (Wildman–Crippen LogP) is 4.81. The molecule has 0 radical (unpaired) electrons. The van der Waals surface area contributed by atoms with Crippen molar-refractivity contribution in [2.75, 3.05) is 20.2 Å². The second kappa shape index (κ2) is 10.4. The van der Waals surface area contributed by atoms with Crippen molar-refractivity contribution in [1.82, 2.24) is 20.3 Å². The summed E-state index contributed by atoms with van der Waals surface area (Å²) in [6.07, 6.45) is -1.89. The van der Waals surface area contributed by atoms with Crippen molar-refractivity contribution in [2.24, 2.45) is 5.10 Å². The topological polar surface area (TPSA) is 88.9 Å². The number of benzene rings is 2. The van der Waals surface area contributed by atoms with Crippen LogP contribution < -0.4 is 10.1 Å². The summed E-state index contributed by atoms with van der Waals surface area (Å²) in [4.78, 5) is 21.6. The lowest BCUT2D eigenvalue weighted by Crippen LogP contribution is -2.28. The highest BCUT2D eigenvalue weighted by molar-refractivity contribution is 6.31. The number of carbonyl (C=O) groups is 1. The SMILES string of the molecule is CC(NC(=O)c1cc(Cl)cc(OC(F)(F)F)c1)c1nccnc1-c1ccc(C2=NN(C)CCO2)cc1. The third-order valence-electron chi connectivity index (χ3n) is 5.17. The summed E-state index contributed by atoms with van der Waals surface area (Å²) in [5.74, 6) is -0.725. The molecular formula is C24H21ClF3N5O3. The van der Waals surface area contributed by atoms with E-state index in [1.807, 2.05) is 31.3 Å². The fourth-order valence-electron chi connectivity index (χ4n) is 3.54. The summed E-state index contributed by atoms with van der Waals surface area (Å²) in [7, 11) is 1.87. The normalized spacial score (nSPS) is 14.5. The van der Waals surface area contributed by atoms with Crippen LogP contribution in [0, 0.1) is 0 Å². The highest BCUT2D eigenvalue weighted by Gasteiger charge is 2.31. The summed E-state index contributed by atoms with van der Waals surface area (Å²) in [6.45, 7) is 2.94. The zero-order valence-corrected chi connectivity index (χ0v) is 20.0. The number of ether oxygens (including phenoxy) is 2. The number of carbonyl (C=O) groups excluding carboxylic acids is 1. The van der Waals surface area contributed by atoms with Gasteiger partial charge in [-0.2, -0.15) is 0 Å². The van der Waals surface area contributed by atoms with Gasteiger partial charge in [0.25, 0.3) is 5.91 Å². The van der Waals surface area contributed by atoms with Gasteiger partial charge in [-0.25, -0.2) is 0 Å². The summed E-state index contributed by atoms with van der Waals surface area (Å²) < 4.78 is 47.3. The molecule has 8 nitrogen and oxygen atoms in total. The fourth-order valence-corrected chi connectivity index (χ4v) is 3.77. The molecule has 1 aromatic heterocycles. The van der Waals surface area contributed by atoms with Gasteiger partial charge in [0.2, 0.25) is 5.90 Å². The monoisotopic (exact) mass is 519 g/mol. The van der Waals surface area contributed by atoms with Gasteiger partial charge < -0.3 is 14.8 Å². The van der Waals surface area contributed by atoms with E-state index in [4.69, 9.17) is 16.3 Å². The van der Waals surface area contributed by atoms with E-state index in [0.29, 0.717) is 30.4 Å². The molecule has 0 bridgehead atoms. The number of hydrogen-bond acceptors (Lipinski definition) is 7. The van der Waals surface area contributed by atoms with Crippen molar-refractivity contribution in [1.29, 1.82) is 0 Å². The number of hydrogen-bond donors (Lipinski definition) is 1. The van der Waals surface area contributed by atoms with Gasteiger partial charge in [0.05, 0.1) is 24.0 Å². The zero-order chi connectivity index (χ0) is 25.9. The number of alkyl halides is 3. The molecular weight excluding hydrogens is 499 g/mol. The molecule has 1 unspecified atom stereocenters. The van der Waals surface area contributed by atoms with Crippen molar-refractivity contribution in [3.05, 3.63) is 76.7 Å². The lowest BCUT2D eigenvalue weighted by molar-refractivity contribution is -0.274. The fraction of sp³-hybridized carbons (Fsp3) is 0.250. The Morgan fingerprint density at radius 2 is 1.83 bits per heavy atom. The van der Waals surface area contributed by atoms with Crippen LogP contribution in [0.3, 0.4) is 0 Å². The third-order valence-corrected chi connectivity index (χ3v) is 5.39. The van der Waals surface area contributed by atoms with Gasteiger partial charge in [-0.05, 0) is 37.3 Å². The first-order valence-electron chi connectivity index (χ1n) is 10.8. The van der Waals surface area contributed by atoms with Crippen LogP contribution in [0.25, 0.3) is 11.3 Å². The second-order valence-electron chi connectivity index (χ2n) is 7.92. The first kappa shape index (κ1) is 25.2. The molecule has 12 heteroatoms. The molecule has 3 aromatic rings. The first-order chi connectivity index (χ1) is 17.1. The van der Waals surface area contributed by atoms with Crippen LogP contribution in [-0.4, -0.2) is 53.3 Å². The molecule has 0 saturated carbocycles. The molecule has 2 heterocycles. The summed E-state index contributed by atoms with van der Waals surface area (Å²) in [5.41, 5.74) is 2.46. The first-order valence-corrected chi connectivity index (χ1v) is 11.2. The number of aromatic nitrogens is 2. The van der Waals surface area contributed by atoms with Gasteiger partial charge in [-0.3, -0.25) is 19.8 Å². The quantitative estimate of drug-likeness (QED) is 0.503. The number of nitrogens with zero attached hydrogens (tertiary/aromatic N) is 4. The van der Waals surface area contributed by atoms with Gasteiger partial charge in [0.15, 0.2) is 0 Å². The maximum atomic E-state index is 12.8. The predicted molar refractivity (Wildman–Crippen MR) is 127 cm³/mol. The number of nitrogens with one attached hydrogen (secondary N) is 1. The van der Waals surface area contributed by atoms with E-state index < -0.39 is 24.1 Å². The molecule has 36 heavy (non-hydrogen) atoms. The molecule has 1 aliphatic heterocycles. The Morgan fingerprint density at radius 3 is 2.53 bits per heavy atom. The van der Waals surface area contributed by atoms with Crippen LogP contribution in [0.5, 0.6) is 5.75 Å². The number of halogens is 4. The van der Waals surface area contributed by atoms with E-state index in [2.05, 4.69) is 25.1 Å². The number of amides is 1. The van der Waals surface area contributed by atoms with Crippen molar-refractivity contribution in [3.8, 4) is 17.0 Å². The lowest BCUT2D eigenvalue weighted by atomic mass is 10.0. The van der Waals surface area contributed by atoms with Crippen molar-refractivity contribution >= 4 is 23.4 Å². The molecule has 1 atom stereocenters. The Labute approximate surface area is 209 Å². The molecule has 1 N–H and O–H groups in total. The van der Waals surface area contributed by atoms with E-state index >= 15 is 0 Å². The van der Waals surface area contributed by atoms with Crippen LogP contribution in [0.4, 0.5) is 13.2 Å². The number of likely N-dealkylation sites (N-methyl/N-ethyl adjacent to an activating group) is 1. The largest absolute Gasteiger partial charge is 0.573 e. The van der Waals surface area contributed by atoms with E-state index in [9.17, 15) is 18.0 Å². The molecule has 1 amide bonds. The minimum atomic E-state index is -4.92. The molecule has 0 aliphatic carbocycles. The van der Waals surface area contributed by atoms with E-state index in [1.165, 1.54) is 18.5 Å². The standard InChI is InChI=1S/C24H21ClF3N5O3/c1-14(31-22(34)17-11-18(25)13-19(12-17)36-24(26,27)28)20-21(30-8-7-29-20)15-3-5-16(6-4-15)23-32-33(2)9-10-35-23/h3-8,11-14H,9-10H2,1-2H3,(H,31,34). The Kier molecular flexibility index (Phi) is 7.30. The smallest absolute Gasteiger partial charge is 0.474 e. The lowest BCUT2D eigenvalue weighted by Gasteiger charge is -2.22. The molecule has 1 aliphatic rings. The Balaban J connectivity index is 1.54. The summed E-state index contributed by atoms with van der Waals surface area (Å²) in [6, 6.07) is 9.94. The molecule has 0 saturated heterocycles. The highest BCUT2D eigenvalue weighted by Crippen LogP contribution is 2.28. The second-order valence-corrected chi connectivity index (χ2v) is 8.36. The van der Waals surface area contributed by atoms with E-state index in [0.717, 1.165) is 23.3 Å². The minimum absolute atomic E-state index is 0.0763. The van der Waals surface area contributed by atoms with Crippen molar-refractivity contribution < 1.29 is 27.4 Å². The maximum Gasteiger partial charge on any atom is 0.573 e. The molecule has 4 rings (SSSR count). The van der Waals surface area contributed by atoms with Gasteiger partial charge in [0.1, 0.15) is 12.4 Å². The maximum absolute atomic E-state index is 12.8. The van der Waals surface area contributed by atoms with Crippen LogP contribution in [0.15, 0.2) is 60.0 Å². The summed E-state index contributed by atoms with van der Waals surface area (Å²) in [5, 5.41) is 8.82. The van der Waals surface area contributed by atoms with Gasteiger partial charge in [-0.1, -0.05) is 23.7 Å². The van der Waals surface area contributed by atoms with E-state index in [-0.39, 0.29) is 10.6 Å².